The van der Waals surface area contributed by atoms with E-state index in [1.54, 1.807) is 10.1 Å². The summed E-state index contributed by atoms with van der Waals surface area (Å²) < 4.78 is 33.0. The van der Waals surface area contributed by atoms with E-state index in [2.05, 4.69) is 5.32 Å². The van der Waals surface area contributed by atoms with Crippen molar-refractivity contribution in [3.8, 4) is 5.75 Å². The number of para-hydroxylation sites is 1. The molecule has 1 saturated carbocycles. The predicted octanol–water partition coefficient (Wildman–Crippen LogP) is 4.48. The van der Waals surface area contributed by atoms with Crippen LogP contribution < -0.4 is 10.1 Å². The summed E-state index contributed by atoms with van der Waals surface area (Å²) in [4.78, 5) is 11.7. The van der Waals surface area contributed by atoms with Crippen LogP contribution in [0.25, 0.3) is 0 Å². The molecule has 3 rings (SSSR count). The number of ether oxygens (including phenoxy) is 1. The zero-order chi connectivity index (χ0) is 22.8. The Morgan fingerprint density at radius 1 is 1.35 bits per heavy atom. The van der Waals surface area contributed by atoms with Gasteiger partial charge in [-0.3, -0.25) is 5.32 Å². The first-order valence-electron chi connectivity index (χ1n) is 10.3. The van der Waals surface area contributed by atoms with Crippen LogP contribution in [0.15, 0.2) is 18.2 Å². The molecule has 1 fully saturated rings. The Kier molecular flexibility index (Phi) is 7.95. The van der Waals surface area contributed by atoms with Crippen LogP contribution in [-0.4, -0.2) is 45.7 Å². The molecule has 31 heavy (non-hydrogen) atoms. The summed E-state index contributed by atoms with van der Waals surface area (Å²) in [5.74, 6) is 0.575. The zero-order valence-electron chi connectivity index (χ0n) is 18.3. The third-order valence-electron chi connectivity index (χ3n) is 5.63. The lowest BCUT2D eigenvalue weighted by molar-refractivity contribution is 0.136. The average molecular weight is 491 g/mol. The van der Waals surface area contributed by atoms with Crippen molar-refractivity contribution in [2.75, 3.05) is 14.2 Å². The van der Waals surface area contributed by atoms with E-state index in [0.717, 1.165) is 37.7 Å². The fourth-order valence-corrected chi connectivity index (χ4v) is 9.18. The molecule has 2 N–H and O–H groups in total. The van der Waals surface area contributed by atoms with E-state index in [9.17, 15) is 14.5 Å². The van der Waals surface area contributed by atoms with Crippen LogP contribution in [0.3, 0.4) is 0 Å². The zero-order valence-corrected chi connectivity index (χ0v) is 20.9. The molecule has 1 aromatic rings. The lowest BCUT2D eigenvalue weighted by atomic mass is 9.96. The van der Waals surface area contributed by atoms with Gasteiger partial charge in [-0.05, 0) is 54.2 Å². The van der Waals surface area contributed by atoms with Crippen LogP contribution in [0.2, 0.25) is 0 Å². The Morgan fingerprint density at radius 3 is 2.58 bits per heavy atom. The van der Waals surface area contributed by atoms with E-state index >= 15 is 0 Å². The maximum atomic E-state index is 14.1. The van der Waals surface area contributed by atoms with E-state index in [4.69, 9.17) is 25.6 Å². The van der Waals surface area contributed by atoms with Gasteiger partial charge in [0, 0.05) is 20.6 Å². The number of carboxylic acid groups (broad SMARTS) is 1. The number of hydrogen-bond acceptors (Lipinski definition) is 6. The molecule has 1 amide bonds. The van der Waals surface area contributed by atoms with Gasteiger partial charge < -0.3 is 23.4 Å². The van der Waals surface area contributed by atoms with E-state index in [1.165, 1.54) is 14.2 Å². The van der Waals surface area contributed by atoms with Crippen molar-refractivity contribution in [1.82, 2.24) is 9.39 Å². The summed E-state index contributed by atoms with van der Waals surface area (Å²) in [5.41, 5.74) is 1.06. The Labute approximate surface area is 192 Å². The summed E-state index contributed by atoms with van der Waals surface area (Å²) in [6, 6.07) is 5.41. The summed E-state index contributed by atoms with van der Waals surface area (Å²) in [7, 11) is 2.89. The number of rotatable bonds is 8. The highest BCUT2D eigenvalue weighted by molar-refractivity contribution is 8.13. The van der Waals surface area contributed by atoms with Crippen molar-refractivity contribution in [2.45, 2.75) is 69.4 Å². The fraction of sp³-hybridized carbons (Fsp3) is 0.650. The van der Waals surface area contributed by atoms with Crippen LogP contribution in [0.5, 0.6) is 5.75 Å². The molecule has 174 valence electrons. The molecule has 2 unspecified atom stereocenters. The van der Waals surface area contributed by atoms with Gasteiger partial charge in [0.1, 0.15) is 11.4 Å². The van der Waals surface area contributed by atoms with Crippen LogP contribution in [-0.2, 0) is 38.6 Å². The number of benzene rings is 1. The highest BCUT2D eigenvalue weighted by atomic mass is 32.5. The predicted molar refractivity (Wildman–Crippen MR) is 124 cm³/mol. The second-order valence-corrected chi connectivity index (χ2v) is 13.6. The number of hydrogen-bond donors (Lipinski definition) is 2. The highest BCUT2D eigenvalue weighted by Gasteiger charge is 2.48. The van der Waals surface area contributed by atoms with Crippen molar-refractivity contribution in [3.63, 3.8) is 0 Å². The normalized spacial score (nSPS) is 20.7. The average Bonchev–Trinajstić information content (AvgIpc) is 3.06. The second-order valence-electron chi connectivity index (χ2n) is 8.41. The van der Waals surface area contributed by atoms with Crippen molar-refractivity contribution in [1.29, 1.82) is 0 Å². The molecule has 0 saturated heterocycles. The molecule has 0 spiro atoms. The van der Waals surface area contributed by atoms with Crippen LogP contribution in [0.4, 0.5) is 4.79 Å². The number of fused-ring (bicyclic) bond motifs is 1. The topological polar surface area (TPSA) is 103 Å². The molecule has 2 aliphatic rings. The quantitative estimate of drug-likeness (QED) is 0.406. The summed E-state index contributed by atoms with van der Waals surface area (Å²) >= 11 is 3.80. The fourth-order valence-electron chi connectivity index (χ4n) is 4.29. The molecule has 1 heterocycles. The summed E-state index contributed by atoms with van der Waals surface area (Å²) in [6.45, 7) is 0.853. The van der Waals surface area contributed by atoms with Crippen LogP contribution >= 0.6 is 6.64 Å². The minimum absolute atomic E-state index is 0.118. The number of nitrogens with zero attached hydrogens (tertiary/aromatic N) is 1. The minimum Gasteiger partial charge on any atom is -0.596 e. The van der Waals surface area contributed by atoms with Gasteiger partial charge >= 0.3 is 12.7 Å². The molecular formula is C20H31N2O6PS2. The standard InChI is InChI=1S/C20H31N2O6PS2/c1-20(2)13-14-9-8-12-16(17(14)28-20)18(21-19(23)24)31(25)22(29(30,26-3)27-4)15-10-6-5-7-11-15/h8-9,12,15,18,21H,5-7,10-11,13H2,1-4H3,(H,23,24). The van der Waals surface area contributed by atoms with E-state index in [-0.39, 0.29) is 6.04 Å². The first-order chi connectivity index (χ1) is 14.6. The van der Waals surface area contributed by atoms with E-state index in [1.807, 2.05) is 26.0 Å². The van der Waals surface area contributed by atoms with Crippen molar-refractivity contribution < 1.29 is 28.2 Å². The highest BCUT2D eigenvalue weighted by Crippen LogP contribution is 2.57. The molecule has 11 heteroatoms. The third-order valence-corrected chi connectivity index (χ3v) is 11.7. The van der Waals surface area contributed by atoms with Crippen LogP contribution in [0.1, 0.15) is 62.5 Å². The van der Waals surface area contributed by atoms with Crippen molar-refractivity contribution in [3.05, 3.63) is 29.3 Å². The van der Waals surface area contributed by atoms with Gasteiger partial charge in [-0.25, -0.2) is 4.79 Å². The van der Waals surface area contributed by atoms with Crippen molar-refractivity contribution in [2.24, 2.45) is 0 Å². The Balaban J connectivity index is 2.06. The van der Waals surface area contributed by atoms with Gasteiger partial charge in [-0.1, -0.05) is 31.4 Å². The number of nitrogens with one attached hydrogen (secondary N) is 1. The van der Waals surface area contributed by atoms with E-state index in [0.29, 0.717) is 17.7 Å². The van der Waals surface area contributed by atoms with Gasteiger partial charge in [-0.15, -0.1) is 0 Å². The van der Waals surface area contributed by atoms with Gasteiger partial charge in [0.25, 0.3) is 0 Å². The molecule has 0 bridgehead atoms. The molecule has 1 aliphatic carbocycles. The second kappa shape index (κ2) is 9.95. The lowest BCUT2D eigenvalue weighted by Gasteiger charge is -2.40. The maximum Gasteiger partial charge on any atom is 0.408 e. The molecule has 2 atom stereocenters. The Morgan fingerprint density at radius 2 is 2.00 bits per heavy atom. The Hall–Kier alpha value is -0.870. The largest absolute Gasteiger partial charge is 0.596 e. The molecular weight excluding hydrogens is 459 g/mol. The summed E-state index contributed by atoms with van der Waals surface area (Å²) in [6.07, 6.45) is 4.07. The minimum atomic E-state index is -3.09. The first-order valence-corrected chi connectivity index (χ1v) is 14.1. The molecule has 0 aromatic heterocycles. The van der Waals surface area contributed by atoms with Gasteiger partial charge in [-0.2, -0.15) is 0 Å². The van der Waals surface area contributed by atoms with Gasteiger partial charge in [0.2, 0.25) is 5.37 Å². The van der Waals surface area contributed by atoms with Crippen LogP contribution in [0, 0.1) is 0 Å². The lowest BCUT2D eigenvalue weighted by Crippen LogP contribution is -2.46. The Bertz CT molecular complexity index is 841. The van der Waals surface area contributed by atoms with Gasteiger partial charge in [0.05, 0.1) is 23.0 Å². The summed E-state index contributed by atoms with van der Waals surface area (Å²) in [5, 5.41) is 10.9. The molecule has 1 aliphatic heterocycles. The third kappa shape index (κ3) is 5.38. The SMILES string of the molecule is COP(=S)(OC)N(C1CCCCC1)[S+]([O-])C(NC(=O)O)c1cccc2c1OC(C)(C)C2. The smallest absolute Gasteiger partial charge is 0.408 e. The van der Waals surface area contributed by atoms with Crippen molar-refractivity contribution >= 4 is 35.9 Å². The maximum absolute atomic E-state index is 14.1. The number of carbonyl (C=O) groups is 1. The first kappa shape index (κ1) is 24.8. The number of amides is 1. The molecule has 1 aromatic carbocycles. The molecule has 8 nitrogen and oxygen atoms in total. The monoisotopic (exact) mass is 490 g/mol. The van der Waals surface area contributed by atoms with E-state index < -0.39 is 35.1 Å². The van der Waals surface area contributed by atoms with Gasteiger partial charge in [0.15, 0.2) is 0 Å². The molecule has 0 radical (unpaired) electrons.